The summed E-state index contributed by atoms with van der Waals surface area (Å²) in [6.07, 6.45) is 5.92. The molecule has 0 saturated heterocycles. The van der Waals surface area contributed by atoms with Gasteiger partial charge in [-0.25, -0.2) is 4.79 Å². The van der Waals surface area contributed by atoms with Crippen LogP contribution in [0.3, 0.4) is 0 Å². The number of hydrogen-bond donors (Lipinski definition) is 2. The number of aromatic amines is 2. The highest BCUT2D eigenvalue weighted by molar-refractivity contribution is 5.31. The van der Waals surface area contributed by atoms with Gasteiger partial charge in [0, 0.05) is 12.3 Å². The molecule has 1 aromatic rings. The van der Waals surface area contributed by atoms with Gasteiger partial charge in [0.25, 0.3) is 5.56 Å². The number of allylic oxidation sites excluding steroid dienone is 2. The number of hydrogen-bond acceptors (Lipinski definition) is 3. The van der Waals surface area contributed by atoms with Crippen LogP contribution in [0.25, 0.3) is 0 Å². The van der Waals surface area contributed by atoms with E-state index in [1.807, 2.05) is 6.92 Å². The zero-order valence-electron chi connectivity index (χ0n) is 11.2. The molecule has 0 spiro atoms. The Balaban J connectivity index is 1.92. The minimum absolute atomic E-state index is 0.329. The van der Waals surface area contributed by atoms with E-state index in [0.29, 0.717) is 23.8 Å². The van der Waals surface area contributed by atoms with Crippen LogP contribution in [0, 0.1) is 5.92 Å². The van der Waals surface area contributed by atoms with E-state index in [9.17, 15) is 9.59 Å². The fraction of sp³-hybridized carbons (Fsp3) is 0.571. The first-order valence-corrected chi connectivity index (χ1v) is 6.68. The summed E-state index contributed by atoms with van der Waals surface area (Å²) >= 11 is 0. The number of nitrogens with one attached hydrogen (secondary N) is 2. The maximum absolute atomic E-state index is 11.8. The molecule has 2 aliphatic rings. The Hall–Kier alpha value is -1.78. The summed E-state index contributed by atoms with van der Waals surface area (Å²) in [5.41, 5.74) is 0.754. The zero-order valence-corrected chi connectivity index (χ0v) is 11.2. The first-order chi connectivity index (χ1) is 8.98. The summed E-state index contributed by atoms with van der Waals surface area (Å²) in [6, 6.07) is 0. The zero-order chi connectivity index (χ0) is 13.6. The highest BCUT2D eigenvalue weighted by Gasteiger charge is 2.43. The van der Waals surface area contributed by atoms with Crippen LogP contribution in [-0.4, -0.2) is 15.6 Å². The van der Waals surface area contributed by atoms with Gasteiger partial charge >= 0.3 is 5.69 Å². The number of ether oxygens (including phenoxy) is 1. The molecule has 0 radical (unpaired) electrons. The van der Waals surface area contributed by atoms with Crippen LogP contribution >= 0.6 is 0 Å². The van der Waals surface area contributed by atoms with Gasteiger partial charge in [-0.05, 0) is 33.1 Å². The molecule has 3 rings (SSSR count). The van der Waals surface area contributed by atoms with Crippen LogP contribution in [0.15, 0.2) is 21.2 Å². The van der Waals surface area contributed by atoms with Crippen LogP contribution in [0.4, 0.5) is 0 Å². The van der Waals surface area contributed by atoms with Crippen LogP contribution in [0.5, 0.6) is 5.88 Å². The molecule has 2 atom stereocenters. The van der Waals surface area contributed by atoms with Gasteiger partial charge in [0.05, 0.1) is 5.56 Å². The third-order valence-corrected chi connectivity index (χ3v) is 4.37. The van der Waals surface area contributed by atoms with Crippen molar-refractivity contribution in [1.82, 2.24) is 9.97 Å². The third kappa shape index (κ3) is 2.03. The fourth-order valence-corrected chi connectivity index (χ4v) is 3.11. The summed E-state index contributed by atoms with van der Waals surface area (Å²) in [4.78, 5) is 27.9. The lowest BCUT2D eigenvalue weighted by molar-refractivity contribution is 0.0385. The Bertz CT molecular complexity index is 655. The molecular formula is C14H18N2O3. The summed E-state index contributed by atoms with van der Waals surface area (Å²) < 4.78 is 5.93. The van der Waals surface area contributed by atoms with Gasteiger partial charge in [0.1, 0.15) is 5.60 Å². The first kappa shape index (κ1) is 12.3. The van der Waals surface area contributed by atoms with Crippen LogP contribution in [0.1, 0.15) is 38.7 Å². The Morgan fingerprint density at radius 3 is 2.84 bits per heavy atom. The average molecular weight is 262 g/mol. The van der Waals surface area contributed by atoms with Gasteiger partial charge in [0.15, 0.2) is 0 Å². The van der Waals surface area contributed by atoms with Crippen molar-refractivity contribution < 1.29 is 4.74 Å². The summed E-state index contributed by atoms with van der Waals surface area (Å²) in [5, 5.41) is 0. The van der Waals surface area contributed by atoms with E-state index >= 15 is 0 Å². The Kier molecular flexibility index (Phi) is 2.66. The summed E-state index contributed by atoms with van der Waals surface area (Å²) in [6.45, 7) is 4.18. The van der Waals surface area contributed by atoms with Crippen molar-refractivity contribution in [1.29, 1.82) is 0 Å². The number of rotatable bonds is 1. The molecule has 0 bridgehead atoms. The predicted molar refractivity (Wildman–Crippen MR) is 71.5 cm³/mol. The maximum atomic E-state index is 11.8. The molecule has 1 aliphatic carbocycles. The molecule has 5 nitrogen and oxygen atoms in total. The maximum Gasteiger partial charge on any atom is 0.328 e. The van der Waals surface area contributed by atoms with Crippen LogP contribution in [-0.2, 0) is 6.42 Å². The molecule has 2 N–H and O–H groups in total. The third-order valence-electron chi connectivity index (χ3n) is 4.37. The van der Waals surface area contributed by atoms with Crippen LogP contribution in [0.2, 0.25) is 0 Å². The van der Waals surface area contributed by atoms with Crippen molar-refractivity contribution in [2.24, 2.45) is 5.92 Å². The van der Waals surface area contributed by atoms with E-state index in [1.165, 1.54) is 5.57 Å². The minimum Gasteiger partial charge on any atom is -0.472 e. The number of aromatic nitrogens is 2. The van der Waals surface area contributed by atoms with Crippen molar-refractivity contribution in [3.05, 3.63) is 38.1 Å². The number of fused-ring (bicyclic) bond motifs is 1. The Morgan fingerprint density at radius 1 is 1.37 bits per heavy atom. The lowest BCUT2D eigenvalue weighted by Crippen LogP contribution is -2.40. The second-order valence-electron chi connectivity index (χ2n) is 5.83. The molecule has 5 heteroatoms. The summed E-state index contributed by atoms with van der Waals surface area (Å²) in [5.74, 6) is 0.731. The van der Waals surface area contributed by atoms with Crippen LogP contribution < -0.4 is 16.0 Å². The first-order valence-electron chi connectivity index (χ1n) is 6.68. The molecule has 19 heavy (non-hydrogen) atoms. The van der Waals surface area contributed by atoms with Crippen molar-refractivity contribution in [2.45, 2.75) is 45.1 Å². The minimum atomic E-state index is -0.507. The van der Waals surface area contributed by atoms with Gasteiger partial charge in [-0.15, -0.1) is 0 Å². The van der Waals surface area contributed by atoms with Gasteiger partial charge in [-0.2, -0.15) is 0 Å². The van der Waals surface area contributed by atoms with Crippen molar-refractivity contribution in [3.8, 4) is 5.88 Å². The van der Waals surface area contributed by atoms with Crippen molar-refractivity contribution >= 4 is 0 Å². The highest BCUT2D eigenvalue weighted by Crippen LogP contribution is 2.41. The largest absolute Gasteiger partial charge is 0.472 e. The monoisotopic (exact) mass is 262 g/mol. The van der Waals surface area contributed by atoms with E-state index in [1.54, 1.807) is 0 Å². The predicted octanol–water partition coefficient (Wildman–Crippen LogP) is 1.50. The average Bonchev–Trinajstić information content (AvgIpc) is 2.68. The molecule has 0 fully saturated rings. The van der Waals surface area contributed by atoms with E-state index in [-0.39, 0.29) is 5.56 Å². The fourth-order valence-electron chi connectivity index (χ4n) is 3.11. The standard InChI is InChI=1S/C14H18N2O3/c1-8-3-5-9(6-4-8)14(2)7-10-11(17)15-13(18)16-12(10)19-14/h3,9H,4-7H2,1-2H3,(H2,15,16,17,18)/t9-,14-/m0/s1. The van der Waals surface area contributed by atoms with Gasteiger partial charge < -0.3 is 4.74 Å². The molecule has 2 heterocycles. The quantitative estimate of drug-likeness (QED) is 0.753. The lowest BCUT2D eigenvalue weighted by atomic mass is 9.77. The topological polar surface area (TPSA) is 75.0 Å². The Morgan fingerprint density at radius 2 is 2.16 bits per heavy atom. The lowest BCUT2D eigenvalue weighted by Gasteiger charge is -2.35. The molecule has 0 unspecified atom stereocenters. The van der Waals surface area contributed by atoms with E-state index in [0.717, 1.165) is 19.3 Å². The van der Waals surface area contributed by atoms with Gasteiger partial charge in [-0.3, -0.25) is 14.8 Å². The summed E-state index contributed by atoms with van der Waals surface area (Å²) in [7, 11) is 0. The van der Waals surface area contributed by atoms with E-state index in [4.69, 9.17) is 4.74 Å². The molecule has 0 aromatic carbocycles. The second-order valence-corrected chi connectivity index (χ2v) is 5.83. The van der Waals surface area contributed by atoms with Gasteiger partial charge in [-0.1, -0.05) is 11.6 Å². The van der Waals surface area contributed by atoms with E-state index < -0.39 is 11.3 Å². The van der Waals surface area contributed by atoms with Crippen molar-refractivity contribution in [3.63, 3.8) is 0 Å². The molecule has 0 saturated carbocycles. The smallest absolute Gasteiger partial charge is 0.328 e. The van der Waals surface area contributed by atoms with E-state index in [2.05, 4.69) is 23.0 Å². The normalized spacial score (nSPS) is 29.6. The molecule has 102 valence electrons. The highest BCUT2D eigenvalue weighted by atomic mass is 16.5. The molecular weight excluding hydrogens is 244 g/mol. The number of H-pyrrole nitrogens is 2. The molecule has 1 aromatic heterocycles. The SMILES string of the molecule is CC1=CC[C@H]([C@]2(C)Cc3c([nH]c(=O)[nH]c3=O)O2)CC1. The molecule has 0 amide bonds. The molecule has 1 aliphatic heterocycles. The van der Waals surface area contributed by atoms with Crippen molar-refractivity contribution in [2.75, 3.05) is 0 Å². The Labute approximate surface area is 110 Å². The van der Waals surface area contributed by atoms with Gasteiger partial charge in [0.2, 0.25) is 5.88 Å². The second kappa shape index (κ2) is 4.11.